The maximum atomic E-state index is 12.8. The third-order valence-corrected chi connectivity index (χ3v) is 4.20. The number of allylic oxidation sites excluding steroid dienone is 2. The number of rotatable bonds is 3. The molecule has 1 atom stereocenters. The summed E-state index contributed by atoms with van der Waals surface area (Å²) in [4.78, 5) is 12.8. The van der Waals surface area contributed by atoms with E-state index >= 15 is 0 Å². The zero-order chi connectivity index (χ0) is 14.2. The van der Waals surface area contributed by atoms with E-state index in [0.29, 0.717) is 17.7 Å². The SMILES string of the molecule is CCC1(c2ccccc2)C(=O)C(c2ccccc2)=C1N. The number of carbonyl (C=O) groups is 1. The number of benzene rings is 2. The summed E-state index contributed by atoms with van der Waals surface area (Å²) in [5.41, 5.74) is 8.97. The first-order valence-corrected chi connectivity index (χ1v) is 6.87. The van der Waals surface area contributed by atoms with Crippen molar-refractivity contribution < 1.29 is 4.79 Å². The monoisotopic (exact) mass is 263 g/mol. The third kappa shape index (κ3) is 1.54. The van der Waals surface area contributed by atoms with Crippen molar-refractivity contribution in [1.29, 1.82) is 0 Å². The fourth-order valence-electron chi connectivity index (χ4n) is 3.06. The Hall–Kier alpha value is -2.35. The number of ketones is 1. The summed E-state index contributed by atoms with van der Waals surface area (Å²) in [5.74, 6) is 0.134. The van der Waals surface area contributed by atoms with E-state index in [-0.39, 0.29) is 5.78 Å². The van der Waals surface area contributed by atoms with Crippen LogP contribution < -0.4 is 5.73 Å². The first kappa shape index (κ1) is 12.7. The van der Waals surface area contributed by atoms with E-state index in [2.05, 4.69) is 0 Å². The molecule has 0 amide bonds. The number of nitrogens with two attached hydrogens (primary N) is 1. The van der Waals surface area contributed by atoms with Crippen molar-refractivity contribution in [1.82, 2.24) is 0 Å². The van der Waals surface area contributed by atoms with Crippen molar-refractivity contribution in [3.63, 3.8) is 0 Å². The summed E-state index contributed by atoms with van der Waals surface area (Å²) >= 11 is 0. The van der Waals surface area contributed by atoms with Gasteiger partial charge in [-0.1, -0.05) is 67.6 Å². The van der Waals surface area contributed by atoms with Gasteiger partial charge in [-0.15, -0.1) is 0 Å². The summed E-state index contributed by atoms with van der Waals surface area (Å²) in [5, 5.41) is 0. The molecule has 0 heterocycles. The van der Waals surface area contributed by atoms with Gasteiger partial charge in [-0.25, -0.2) is 0 Å². The molecule has 0 saturated carbocycles. The van der Waals surface area contributed by atoms with Gasteiger partial charge in [-0.2, -0.15) is 0 Å². The Labute approximate surface area is 118 Å². The summed E-state index contributed by atoms with van der Waals surface area (Å²) < 4.78 is 0. The lowest BCUT2D eigenvalue weighted by molar-refractivity contribution is -0.119. The van der Waals surface area contributed by atoms with Crippen molar-refractivity contribution in [2.45, 2.75) is 18.8 Å². The lowest BCUT2D eigenvalue weighted by Gasteiger charge is -2.42. The van der Waals surface area contributed by atoms with Gasteiger partial charge in [-0.3, -0.25) is 4.79 Å². The zero-order valence-corrected chi connectivity index (χ0v) is 11.5. The molecule has 2 aromatic carbocycles. The van der Waals surface area contributed by atoms with Crippen molar-refractivity contribution in [2.75, 3.05) is 0 Å². The van der Waals surface area contributed by atoms with Crippen molar-refractivity contribution in [2.24, 2.45) is 5.73 Å². The van der Waals surface area contributed by atoms with Gasteiger partial charge in [0.25, 0.3) is 0 Å². The average Bonchev–Trinajstić information content (AvgIpc) is 2.51. The molecule has 1 aliphatic rings. The molecule has 0 spiro atoms. The highest BCUT2D eigenvalue weighted by Gasteiger charge is 2.52. The van der Waals surface area contributed by atoms with Crippen molar-refractivity contribution >= 4 is 11.4 Å². The van der Waals surface area contributed by atoms with Crippen LogP contribution in [0.3, 0.4) is 0 Å². The Kier molecular flexibility index (Phi) is 2.94. The van der Waals surface area contributed by atoms with E-state index in [1.165, 1.54) is 0 Å². The zero-order valence-electron chi connectivity index (χ0n) is 11.5. The van der Waals surface area contributed by atoms with Crippen LogP contribution in [-0.2, 0) is 10.2 Å². The predicted molar refractivity (Wildman–Crippen MR) is 81.0 cm³/mol. The molecule has 0 saturated heterocycles. The van der Waals surface area contributed by atoms with Crippen LogP contribution >= 0.6 is 0 Å². The molecule has 2 aromatic rings. The standard InChI is InChI=1S/C18H17NO/c1-2-18(14-11-7-4-8-12-14)16(19)15(17(18)20)13-9-5-3-6-10-13/h3-12H,2,19H2,1H3. The summed E-state index contributed by atoms with van der Waals surface area (Å²) in [7, 11) is 0. The lowest BCUT2D eigenvalue weighted by Crippen LogP contribution is -2.50. The van der Waals surface area contributed by atoms with Crippen LogP contribution in [0.5, 0.6) is 0 Å². The molecule has 1 unspecified atom stereocenters. The second-order valence-electron chi connectivity index (χ2n) is 5.11. The van der Waals surface area contributed by atoms with E-state index < -0.39 is 5.41 Å². The van der Waals surface area contributed by atoms with Crippen LogP contribution in [-0.4, -0.2) is 5.78 Å². The highest BCUT2D eigenvalue weighted by Crippen LogP contribution is 2.48. The topological polar surface area (TPSA) is 43.1 Å². The molecule has 20 heavy (non-hydrogen) atoms. The van der Waals surface area contributed by atoms with Crippen LogP contribution in [0.4, 0.5) is 0 Å². The summed E-state index contributed by atoms with van der Waals surface area (Å²) in [6, 6.07) is 19.5. The first-order valence-electron chi connectivity index (χ1n) is 6.87. The Morgan fingerprint density at radius 2 is 1.50 bits per heavy atom. The number of carbonyl (C=O) groups excluding carboxylic acids is 1. The van der Waals surface area contributed by atoms with Gasteiger partial charge in [0.05, 0.1) is 5.41 Å². The van der Waals surface area contributed by atoms with Crippen LogP contribution in [0.15, 0.2) is 66.4 Å². The Morgan fingerprint density at radius 3 is 2.00 bits per heavy atom. The molecule has 0 fully saturated rings. The highest BCUT2D eigenvalue weighted by molar-refractivity contribution is 6.34. The minimum absolute atomic E-state index is 0.134. The van der Waals surface area contributed by atoms with Crippen molar-refractivity contribution in [3.8, 4) is 0 Å². The largest absolute Gasteiger partial charge is 0.400 e. The van der Waals surface area contributed by atoms with E-state index in [9.17, 15) is 4.79 Å². The normalized spacial score (nSPS) is 21.8. The molecule has 2 heteroatoms. The quantitative estimate of drug-likeness (QED) is 0.923. The van der Waals surface area contributed by atoms with Gasteiger partial charge in [0.1, 0.15) is 0 Å². The molecule has 1 aliphatic carbocycles. The number of hydrogen-bond acceptors (Lipinski definition) is 2. The van der Waals surface area contributed by atoms with E-state index in [1.807, 2.05) is 67.6 Å². The Morgan fingerprint density at radius 1 is 0.950 bits per heavy atom. The highest BCUT2D eigenvalue weighted by atomic mass is 16.1. The number of hydrogen-bond donors (Lipinski definition) is 1. The Bertz CT molecular complexity index is 673. The molecule has 100 valence electrons. The molecule has 0 aliphatic heterocycles. The molecular weight excluding hydrogens is 246 g/mol. The van der Waals surface area contributed by atoms with Crippen LogP contribution in [0, 0.1) is 0 Å². The van der Waals surface area contributed by atoms with Crippen molar-refractivity contribution in [3.05, 3.63) is 77.5 Å². The van der Waals surface area contributed by atoms with Crippen LogP contribution in [0.1, 0.15) is 24.5 Å². The molecular formula is C18H17NO. The van der Waals surface area contributed by atoms with Gasteiger partial charge in [0.2, 0.25) is 0 Å². The van der Waals surface area contributed by atoms with E-state index in [0.717, 1.165) is 11.1 Å². The van der Waals surface area contributed by atoms with Gasteiger partial charge < -0.3 is 5.73 Å². The summed E-state index contributed by atoms with van der Waals surface area (Å²) in [6.07, 6.45) is 0.692. The molecule has 3 rings (SSSR count). The smallest absolute Gasteiger partial charge is 0.181 e. The maximum absolute atomic E-state index is 12.8. The van der Waals surface area contributed by atoms with Gasteiger partial charge >= 0.3 is 0 Å². The predicted octanol–water partition coefficient (Wildman–Crippen LogP) is 3.29. The van der Waals surface area contributed by atoms with Crippen LogP contribution in [0.2, 0.25) is 0 Å². The fourth-order valence-corrected chi connectivity index (χ4v) is 3.06. The second kappa shape index (κ2) is 4.64. The van der Waals surface area contributed by atoms with E-state index in [1.54, 1.807) is 0 Å². The second-order valence-corrected chi connectivity index (χ2v) is 5.11. The minimum Gasteiger partial charge on any atom is -0.400 e. The lowest BCUT2D eigenvalue weighted by atomic mass is 9.59. The molecule has 0 aromatic heterocycles. The first-order chi connectivity index (χ1) is 9.71. The summed E-state index contributed by atoms with van der Waals surface area (Å²) in [6.45, 7) is 2.01. The van der Waals surface area contributed by atoms with Gasteiger partial charge in [-0.05, 0) is 17.5 Å². The third-order valence-electron chi connectivity index (χ3n) is 4.20. The minimum atomic E-state index is -0.633. The maximum Gasteiger partial charge on any atom is 0.181 e. The number of Topliss-reactive ketones (excluding diaryl/α,β-unsaturated/α-hetero) is 1. The van der Waals surface area contributed by atoms with E-state index in [4.69, 9.17) is 5.73 Å². The fraction of sp³-hybridized carbons (Fsp3) is 0.167. The molecule has 2 nitrogen and oxygen atoms in total. The average molecular weight is 263 g/mol. The molecule has 2 N–H and O–H groups in total. The van der Waals surface area contributed by atoms with Crippen LogP contribution in [0.25, 0.3) is 5.57 Å². The van der Waals surface area contributed by atoms with Gasteiger partial charge in [0.15, 0.2) is 5.78 Å². The molecule has 0 radical (unpaired) electrons. The van der Waals surface area contributed by atoms with Gasteiger partial charge in [0, 0.05) is 11.3 Å². The Balaban J connectivity index is 2.14. The molecule has 0 bridgehead atoms.